The third-order valence-corrected chi connectivity index (χ3v) is 3.70. The molecule has 11 heavy (non-hydrogen) atoms. The first-order valence-corrected chi connectivity index (χ1v) is 4.32. The molecule has 0 heterocycles. The third-order valence-electron chi connectivity index (χ3n) is 3.70. The van der Waals surface area contributed by atoms with Gasteiger partial charge in [-0.05, 0) is 24.7 Å². The van der Waals surface area contributed by atoms with E-state index in [-0.39, 0.29) is 17.9 Å². The zero-order valence-corrected chi connectivity index (χ0v) is 6.84. The molecule has 0 aromatic carbocycles. The summed E-state index contributed by atoms with van der Waals surface area (Å²) in [5, 5.41) is 9.08. The van der Waals surface area contributed by atoms with Crippen LogP contribution in [0.25, 0.3) is 0 Å². The topological polar surface area (TPSA) is 37.3 Å². The summed E-state index contributed by atoms with van der Waals surface area (Å²) in [6.45, 7) is 2.22. The molecule has 0 unspecified atom stereocenters. The molecule has 0 radical (unpaired) electrons. The highest BCUT2D eigenvalue weighted by molar-refractivity contribution is 5.88. The molecule has 2 heteroatoms. The first-order chi connectivity index (χ1) is 5.18. The summed E-state index contributed by atoms with van der Waals surface area (Å²) in [6, 6.07) is 0. The van der Waals surface area contributed by atoms with Crippen molar-refractivity contribution in [1.82, 2.24) is 0 Å². The summed E-state index contributed by atoms with van der Waals surface area (Å²) in [4.78, 5) is 11.4. The maximum Gasteiger partial charge on any atom is 0.139 e. The van der Waals surface area contributed by atoms with E-state index in [0.29, 0.717) is 11.7 Å². The van der Waals surface area contributed by atoms with Crippen LogP contribution in [0.1, 0.15) is 26.2 Å². The van der Waals surface area contributed by atoms with Gasteiger partial charge in [0.15, 0.2) is 0 Å². The molecule has 2 bridgehead atoms. The predicted molar refractivity (Wildman–Crippen MR) is 41.0 cm³/mol. The Hall–Kier alpha value is -0.370. The summed E-state index contributed by atoms with van der Waals surface area (Å²) >= 11 is 0. The standard InChI is InChI=1S/C9H14O2/c1-9-3-2-6(4-8(9)11)7(9)5-10/h6-7,10H,2-5H2,1H3/t6-,7+,9-/m1/s1. The zero-order chi connectivity index (χ0) is 8.06. The highest BCUT2D eigenvalue weighted by Crippen LogP contribution is 2.55. The first kappa shape index (κ1) is 7.29. The number of carbonyl (C=O) groups excluding carboxylic acids is 1. The molecule has 2 fully saturated rings. The summed E-state index contributed by atoms with van der Waals surface area (Å²) in [6.07, 6.45) is 2.87. The van der Waals surface area contributed by atoms with Gasteiger partial charge in [0.2, 0.25) is 0 Å². The maximum atomic E-state index is 11.4. The van der Waals surface area contributed by atoms with Crippen molar-refractivity contribution in [2.24, 2.45) is 17.3 Å². The number of hydrogen-bond donors (Lipinski definition) is 1. The minimum atomic E-state index is -0.153. The number of rotatable bonds is 1. The van der Waals surface area contributed by atoms with Crippen molar-refractivity contribution in [3.63, 3.8) is 0 Å². The molecule has 2 saturated carbocycles. The molecule has 2 nitrogen and oxygen atoms in total. The average molecular weight is 154 g/mol. The zero-order valence-electron chi connectivity index (χ0n) is 6.84. The summed E-state index contributed by atoms with van der Waals surface area (Å²) in [5.41, 5.74) is -0.153. The van der Waals surface area contributed by atoms with Gasteiger partial charge in [-0.3, -0.25) is 4.79 Å². The van der Waals surface area contributed by atoms with Crippen LogP contribution in [-0.4, -0.2) is 17.5 Å². The van der Waals surface area contributed by atoms with Crippen molar-refractivity contribution in [1.29, 1.82) is 0 Å². The SMILES string of the molecule is C[C@]12CC[C@H](CC1=O)[C@@H]2CO. The van der Waals surface area contributed by atoms with Crippen molar-refractivity contribution in [2.75, 3.05) is 6.61 Å². The van der Waals surface area contributed by atoms with E-state index in [1.807, 2.05) is 6.92 Å². The molecule has 0 aliphatic heterocycles. The van der Waals surface area contributed by atoms with Gasteiger partial charge >= 0.3 is 0 Å². The number of Topliss-reactive ketones (excluding diaryl/α,β-unsaturated/α-hetero) is 1. The summed E-state index contributed by atoms with van der Waals surface area (Å²) < 4.78 is 0. The first-order valence-electron chi connectivity index (χ1n) is 4.32. The molecule has 3 atom stereocenters. The Morgan fingerprint density at radius 1 is 1.73 bits per heavy atom. The molecule has 0 spiro atoms. The van der Waals surface area contributed by atoms with Crippen LogP contribution < -0.4 is 0 Å². The van der Waals surface area contributed by atoms with Crippen molar-refractivity contribution in [2.45, 2.75) is 26.2 Å². The normalized spacial score (nSPS) is 48.7. The second-order valence-corrected chi connectivity index (χ2v) is 4.13. The highest BCUT2D eigenvalue weighted by Gasteiger charge is 2.55. The second kappa shape index (κ2) is 2.07. The van der Waals surface area contributed by atoms with E-state index < -0.39 is 0 Å². The van der Waals surface area contributed by atoms with Gasteiger partial charge in [-0.1, -0.05) is 6.92 Å². The Labute approximate surface area is 66.6 Å². The van der Waals surface area contributed by atoms with Crippen LogP contribution in [0.4, 0.5) is 0 Å². The van der Waals surface area contributed by atoms with Crippen LogP contribution in [0.2, 0.25) is 0 Å². The fourth-order valence-corrected chi connectivity index (χ4v) is 2.80. The van der Waals surface area contributed by atoms with Crippen LogP contribution >= 0.6 is 0 Å². The molecule has 1 N–H and O–H groups in total. The molecule has 0 aromatic heterocycles. The predicted octanol–water partition coefficient (Wildman–Crippen LogP) is 0.984. The Morgan fingerprint density at radius 3 is 2.73 bits per heavy atom. The largest absolute Gasteiger partial charge is 0.396 e. The number of aliphatic hydroxyl groups is 1. The third kappa shape index (κ3) is 0.734. The Morgan fingerprint density at radius 2 is 2.45 bits per heavy atom. The molecular formula is C9H14O2. The molecule has 0 saturated heterocycles. The smallest absolute Gasteiger partial charge is 0.139 e. The van der Waals surface area contributed by atoms with Gasteiger partial charge in [-0.2, -0.15) is 0 Å². The molecule has 2 aliphatic carbocycles. The molecule has 0 amide bonds. The van der Waals surface area contributed by atoms with Crippen LogP contribution in [0.5, 0.6) is 0 Å². The lowest BCUT2D eigenvalue weighted by molar-refractivity contribution is -0.127. The van der Waals surface area contributed by atoms with Crippen molar-refractivity contribution >= 4 is 5.78 Å². The lowest BCUT2D eigenvalue weighted by Gasteiger charge is -2.23. The van der Waals surface area contributed by atoms with Crippen LogP contribution in [0.3, 0.4) is 0 Å². The fourth-order valence-electron chi connectivity index (χ4n) is 2.80. The van der Waals surface area contributed by atoms with Gasteiger partial charge in [-0.25, -0.2) is 0 Å². The molecule has 62 valence electrons. The van der Waals surface area contributed by atoms with E-state index in [9.17, 15) is 4.79 Å². The van der Waals surface area contributed by atoms with E-state index in [1.165, 1.54) is 0 Å². The number of aliphatic hydroxyl groups excluding tert-OH is 1. The monoisotopic (exact) mass is 154 g/mol. The summed E-state index contributed by atoms with van der Waals surface area (Å²) in [5.74, 6) is 1.15. The Bertz CT molecular complexity index is 200. The quantitative estimate of drug-likeness (QED) is 0.611. The Kier molecular flexibility index (Phi) is 1.37. The Balaban J connectivity index is 2.31. The van der Waals surface area contributed by atoms with Gasteiger partial charge < -0.3 is 5.11 Å². The van der Waals surface area contributed by atoms with Gasteiger partial charge in [0.1, 0.15) is 5.78 Å². The second-order valence-electron chi connectivity index (χ2n) is 4.13. The molecule has 2 rings (SSSR count). The average Bonchev–Trinajstić information content (AvgIpc) is 2.38. The fraction of sp³-hybridized carbons (Fsp3) is 0.889. The van der Waals surface area contributed by atoms with E-state index in [1.54, 1.807) is 0 Å². The van der Waals surface area contributed by atoms with Crippen LogP contribution in [0, 0.1) is 17.3 Å². The van der Waals surface area contributed by atoms with Gasteiger partial charge in [0.05, 0.1) is 0 Å². The van der Waals surface area contributed by atoms with Crippen LogP contribution in [0.15, 0.2) is 0 Å². The lowest BCUT2D eigenvalue weighted by Crippen LogP contribution is -2.28. The van der Waals surface area contributed by atoms with E-state index in [2.05, 4.69) is 0 Å². The molecule has 0 aromatic rings. The number of hydrogen-bond acceptors (Lipinski definition) is 2. The van der Waals surface area contributed by atoms with E-state index in [4.69, 9.17) is 5.11 Å². The van der Waals surface area contributed by atoms with Gasteiger partial charge in [-0.15, -0.1) is 0 Å². The van der Waals surface area contributed by atoms with Crippen LogP contribution in [-0.2, 0) is 4.79 Å². The minimum Gasteiger partial charge on any atom is -0.396 e. The number of ketones is 1. The van der Waals surface area contributed by atoms with E-state index >= 15 is 0 Å². The van der Waals surface area contributed by atoms with Crippen molar-refractivity contribution < 1.29 is 9.90 Å². The summed E-state index contributed by atoms with van der Waals surface area (Å²) in [7, 11) is 0. The van der Waals surface area contributed by atoms with E-state index in [0.717, 1.165) is 19.3 Å². The lowest BCUT2D eigenvalue weighted by atomic mass is 9.80. The number of fused-ring (bicyclic) bond motifs is 2. The van der Waals surface area contributed by atoms with Crippen molar-refractivity contribution in [3.8, 4) is 0 Å². The highest BCUT2D eigenvalue weighted by atomic mass is 16.3. The molecular weight excluding hydrogens is 140 g/mol. The number of carbonyl (C=O) groups is 1. The van der Waals surface area contributed by atoms with Crippen molar-refractivity contribution in [3.05, 3.63) is 0 Å². The van der Waals surface area contributed by atoms with Gasteiger partial charge in [0, 0.05) is 18.4 Å². The van der Waals surface area contributed by atoms with Gasteiger partial charge in [0.25, 0.3) is 0 Å². The maximum absolute atomic E-state index is 11.4. The molecule has 2 aliphatic rings. The minimum absolute atomic E-state index is 0.153.